The van der Waals surface area contributed by atoms with Gasteiger partial charge in [0, 0.05) is 30.6 Å². The average molecular weight is 378 g/mol. The van der Waals surface area contributed by atoms with Crippen molar-refractivity contribution in [3.8, 4) is 0 Å². The van der Waals surface area contributed by atoms with Gasteiger partial charge in [-0.2, -0.15) is 0 Å². The van der Waals surface area contributed by atoms with Crippen LogP contribution in [0.3, 0.4) is 0 Å². The normalized spacial score (nSPS) is 16.3. The molecule has 2 aromatic rings. The Morgan fingerprint density at radius 1 is 1.23 bits per heavy atom. The summed E-state index contributed by atoms with van der Waals surface area (Å²) >= 11 is 1.41. The number of benzene rings is 1. The molecule has 2 amide bonds. The molecule has 7 heteroatoms. The molecule has 1 aliphatic rings. The van der Waals surface area contributed by atoms with Crippen molar-refractivity contribution in [2.24, 2.45) is 5.92 Å². The molecule has 0 aliphatic carbocycles. The number of piperidine rings is 1. The zero-order chi connectivity index (χ0) is 18.7. The highest BCUT2D eigenvalue weighted by atomic mass is 32.1. The largest absolute Gasteiger partial charge is 0.349 e. The quantitative estimate of drug-likeness (QED) is 0.881. The SMILES string of the molecule is C[C@@H](NC(=O)C1CCN(C(=O)c2cccs2)CC1)c1ccc(F)cc1F. The summed E-state index contributed by atoms with van der Waals surface area (Å²) < 4.78 is 26.8. The molecule has 0 bridgehead atoms. The molecule has 1 N–H and O–H groups in total. The molecular weight excluding hydrogens is 358 g/mol. The Morgan fingerprint density at radius 3 is 2.58 bits per heavy atom. The van der Waals surface area contributed by atoms with Gasteiger partial charge in [0.1, 0.15) is 11.6 Å². The first kappa shape index (κ1) is 18.5. The highest BCUT2D eigenvalue weighted by Crippen LogP contribution is 2.23. The van der Waals surface area contributed by atoms with E-state index in [9.17, 15) is 18.4 Å². The van der Waals surface area contributed by atoms with Crippen molar-refractivity contribution in [1.82, 2.24) is 10.2 Å². The fourth-order valence-electron chi connectivity index (χ4n) is 3.16. The summed E-state index contributed by atoms with van der Waals surface area (Å²) in [6.45, 7) is 2.71. The van der Waals surface area contributed by atoms with E-state index >= 15 is 0 Å². The van der Waals surface area contributed by atoms with Crippen LogP contribution in [0.15, 0.2) is 35.7 Å². The fraction of sp³-hybridized carbons (Fsp3) is 0.368. The molecule has 1 atom stereocenters. The molecule has 4 nitrogen and oxygen atoms in total. The average Bonchev–Trinajstić information content (AvgIpc) is 3.15. The zero-order valence-electron chi connectivity index (χ0n) is 14.4. The molecule has 0 spiro atoms. The van der Waals surface area contributed by atoms with E-state index in [1.165, 1.54) is 23.5 Å². The predicted molar refractivity (Wildman–Crippen MR) is 95.9 cm³/mol. The van der Waals surface area contributed by atoms with E-state index in [0.29, 0.717) is 30.8 Å². The number of thiophene rings is 1. The van der Waals surface area contributed by atoms with Crippen LogP contribution in [0.4, 0.5) is 8.78 Å². The number of rotatable bonds is 4. The molecule has 0 unspecified atom stereocenters. The van der Waals surface area contributed by atoms with E-state index in [2.05, 4.69) is 5.32 Å². The highest BCUT2D eigenvalue weighted by Gasteiger charge is 2.29. The maximum atomic E-state index is 13.8. The van der Waals surface area contributed by atoms with Crippen LogP contribution in [-0.4, -0.2) is 29.8 Å². The third kappa shape index (κ3) is 4.09. The number of amides is 2. The number of carbonyl (C=O) groups excluding carboxylic acids is 2. The summed E-state index contributed by atoms with van der Waals surface area (Å²) in [5.74, 6) is -1.69. The van der Waals surface area contributed by atoms with Crippen LogP contribution < -0.4 is 5.32 Å². The van der Waals surface area contributed by atoms with E-state index in [1.807, 2.05) is 11.4 Å². The Bertz CT molecular complexity index is 787. The van der Waals surface area contributed by atoms with Crippen LogP contribution in [0.1, 0.15) is 41.0 Å². The van der Waals surface area contributed by atoms with Gasteiger partial charge >= 0.3 is 0 Å². The van der Waals surface area contributed by atoms with Crippen LogP contribution in [-0.2, 0) is 4.79 Å². The van der Waals surface area contributed by atoms with Crippen molar-refractivity contribution in [3.05, 3.63) is 57.8 Å². The smallest absolute Gasteiger partial charge is 0.263 e. The maximum absolute atomic E-state index is 13.8. The van der Waals surface area contributed by atoms with Crippen molar-refractivity contribution >= 4 is 23.2 Å². The molecule has 0 saturated carbocycles. The topological polar surface area (TPSA) is 49.4 Å². The summed E-state index contributed by atoms with van der Waals surface area (Å²) in [6.07, 6.45) is 1.14. The number of carbonyl (C=O) groups is 2. The zero-order valence-corrected chi connectivity index (χ0v) is 15.2. The lowest BCUT2D eigenvalue weighted by Gasteiger charge is -2.31. The lowest BCUT2D eigenvalue weighted by molar-refractivity contribution is -0.127. The molecule has 0 radical (unpaired) electrons. The second-order valence-corrected chi connectivity index (χ2v) is 7.39. The van der Waals surface area contributed by atoms with Crippen LogP contribution in [0, 0.1) is 17.6 Å². The van der Waals surface area contributed by atoms with Crippen molar-refractivity contribution in [1.29, 1.82) is 0 Å². The monoisotopic (exact) mass is 378 g/mol. The van der Waals surface area contributed by atoms with Gasteiger partial charge in [0.25, 0.3) is 5.91 Å². The van der Waals surface area contributed by atoms with Gasteiger partial charge in [-0.05, 0) is 37.3 Å². The van der Waals surface area contributed by atoms with Crippen LogP contribution in [0.5, 0.6) is 0 Å². The number of nitrogens with one attached hydrogen (secondary N) is 1. The standard InChI is InChI=1S/C19H20F2N2O2S/c1-12(15-5-4-14(20)11-16(15)21)22-18(24)13-6-8-23(9-7-13)19(25)17-3-2-10-26-17/h2-5,10-13H,6-9H2,1H3,(H,22,24)/t12-/m1/s1. The Balaban J connectivity index is 1.54. The summed E-state index contributed by atoms with van der Waals surface area (Å²) in [4.78, 5) is 27.2. The summed E-state index contributed by atoms with van der Waals surface area (Å²) in [7, 11) is 0. The van der Waals surface area contributed by atoms with Gasteiger partial charge in [0.05, 0.1) is 10.9 Å². The molecule has 1 aromatic heterocycles. The Hall–Kier alpha value is -2.28. The number of likely N-dealkylation sites (tertiary alicyclic amines) is 1. The van der Waals surface area contributed by atoms with Gasteiger partial charge in [-0.15, -0.1) is 11.3 Å². The summed E-state index contributed by atoms with van der Waals surface area (Å²) in [6, 6.07) is 6.42. The number of hydrogen-bond acceptors (Lipinski definition) is 3. The molecule has 1 saturated heterocycles. The second kappa shape index (κ2) is 7.95. The van der Waals surface area contributed by atoms with Crippen molar-refractivity contribution in [2.45, 2.75) is 25.8 Å². The highest BCUT2D eigenvalue weighted by molar-refractivity contribution is 7.12. The van der Waals surface area contributed by atoms with Crippen LogP contribution >= 0.6 is 11.3 Å². The fourth-order valence-corrected chi connectivity index (χ4v) is 3.85. The number of halogens is 2. The lowest BCUT2D eigenvalue weighted by Crippen LogP contribution is -2.43. The van der Waals surface area contributed by atoms with Crippen molar-refractivity contribution in [2.75, 3.05) is 13.1 Å². The second-order valence-electron chi connectivity index (χ2n) is 6.44. The Morgan fingerprint density at radius 2 is 1.96 bits per heavy atom. The maximum Gasteiger partial charge on any atom is 0.263 e. The van der Waals surface area contributed by atoms with Gasteiger partial charge in [-0.3, -0.25) is 9.59 Å². The lowest BCUT2D eigenvalue weighted by atomic mass is 9.95. The van der Waals surface area contributed by atoms with Crippen LogP contribution in [0.25, 0.3) is 0 Å². The van der Waals surface area contributed by atoms with E-state index in [1.54, 1.807) is 17.9 Å². The first-order valence-electron chi connectivity index (χ1n) is 8.54. The van der Waals surface area contributed by atoms with E-state index in [-0.39, 0.29) is 23.3 Å². The first-order chi connectivity index (χ1) is 12.5. The summed E-state index contributed by atoms with van der Waals surface area (Å²) in [5, 5.41) is 4.66. The van der Waals surface area contributed by atoms with Crippen molar-refractivity contribution in [3.63, 3.8) is 0 Å². The molecular formula is C19H20F2N2O2S. The van der Waals surface area contributed by atoms with Crippen LogP contribution in [0.2, 0.25) is 0 Å². The Labute approximate surface area is 154 Å². The Kier molecular flexibility index (Phi) is 5.66. The minimum absolute atomic E-state index is 0.000564. The molecule has 1 aromatic carbocycles. The third-order valence-electron chi connectivity index (χ3n) is 4.67. The molecule has 1 fully saturated rings. The van der Waals surface area contributed by atoms with E-state index < -0.39 is 17.7 Å². The van der Waals surface area contributed by atoms with Gasteiger partial charge in [-0.25, -0.2) is 8.78 Å². The predicted octanol–water partition coefficient (Wildman–Crippen LogP) is 3.76. The van der Waals surface area contributed by atoms with Gasteiger partial charge in [0.2, 0.25) is 5.91 Å². The first-order valence-corrected chi connectivity index (χ1v) is 9.42. The molecule has 1 aliphatic heterocycles. The number of nitrogens with zero attached hydrogens (tertiary/aromatic N) is 1. The van der Waals surface area contributed by atoms with Crippen molar-refractivity contribution < 1.29 is 18.4 Å². The third-order valence-corrected chi connectivity index (χ3v) is 5.53. The molecule has 26 heavy (non-hydrogen) atoms. The number of hydrogen-bond donors (Lipinski definition) is 1. The molecule has 3 rings (SSSR count). The summed E-state index contributed by atoms with van der Waals surface area (Å²) in [5.41, 5.74) is 0.255. The van der Waals surface area contributed by atoms with Gasteiger partial charge < -0.3 is 10.2 Å². The van der Waals surface area contributed by atoms with Gasteiger partial charge in [0.15, 0.2) is 0 Å². The van der Waals surface area contributed by atoms with E-state index in [4.69, 9.17) is 0 Å². The minimum Gasteiger partial charge on any atom is -0.349 e. The minimum atomic E-state index is -0.672. The van der Waals surface area contributed by atoms with E-state index in [0.717, 1.165) is 6.07 Å². The molecule has 138 valence electrons. The van der Waals surface area contributed by atoms with Gasteiger partial charge in [-0.1, -0.05) is 12.1 Å². The molecule has 2 heterocycles.